The van der Waals surface area contributed by atoms with Gasteiger partial charge >= 0.3 is 0 Å². The van der Waals surface area contributed by atoms with E-state index < -0.39 is 5.60 Å². The summed E-state index contributed by atoms with van der Waals surface area (Å²) in [5, 5.41) is 14.3. The first kappa shape index (κ1) is 10.3. The highest BCUT2D eigenvalue weighted by Crippen LogP contribution is 2.30. The van der Waals surface area contributed by atoms with Crippen molar-refractivity contribution in [3.05, 3.63) is 18.0 Å². The lowest BCUT2D eigenvalue weighted by Crippen LogP contribution is -2.31. The number of rotatable bonds is 3. The quantitative estimate of drug-likeness (QED) is 0.772. The van der Waals surface area contributed by atoms with Gasteiger partial charge in [-0.1, -0.05) is 20.3 Å². The molecule has 0 aromatic carbocycles. The van der Waals surface area contributed by atoms with Crippen molar-refractivity contribution in [2.75, 3.05) is 0 Å². The number of aromatic nitrogens is 2. The molecule has 1 rings (SSSR count). The molecule has 13 heavy (non-hydrogen) atoms. The molecule has 0 bridgehead atoms. The molecule has 74 valence electrons. The molecule has 3 heteroatoms. The minimum atomic E-state index is -0.778. The Balaban J connectivity index is 2.99. The second kappa shape index (κ2) is 3.50. The number of nitrogens with zero attached hydrogens (tertiary/aromatic N) is 2. The molecular formula is C10H18N2O. The van der Waals surface area contributed by atoms with Gasteiger partial charge in [0.15, 0.2) is 0 Å². The summed E-state index contributed by atoms with van der Waals surface area (Å²) in [6.45, 7) is 5.97. The number of aliphatic hydroxyl groups is 1. The van der Waals surface area contributed by atoms with Crippen molar-refractivity contribution in [3.8, 4) is 0 Å². The van der Waals surface area contributed by atoms with E-state index in [0.29, 0.717) is 0 Å². The normalized spacial score (nSPS) is 18.2. The SMILES string of the molecule is CCC(C)C(C)(O)c1ccnn1C. The monoisotopic (exact) mass is 182 g/mol. The van der Waals surface area contributed by atoms with Crippen LogP contribution in [0.2, 0.25) is 0 Å². The summed E-state index contributed by atoms with van der Waals surface area (Å²) in [5.74, 6) is 0.239. The fourth-order valence-electron chi connectivity index (χ4n) is 1.52. The first-order valence-electron chi connectivity index (χ1n) is 4.71. The largest absolute Gasteiger partial charge is 0.384 e. The van der Waals surface area contributed by atoms with E-state index in [-0.39, 0.29) is 5.92 Å². The lowest BCUT2D eigenvalue weighted by Gasteiger charge is -2.29. The molecule has 0 aliphatic heterocycles. The lowest BCUT2D eigenvalue weighted by molar-refractivity contribution is -0.00738. The van der Waals surface area contributed by atoms with Gasteiger partial charge in [-0.25, -0.2) is 0 Å². The molecule has 0 amide bonds. The highest BCUT2D eigenvalue weighted by Gasteiger charge is 2.31. The summed E-state index contributed by atoms with van der Waals surface area (Å²) in [6, 6.07) is 1.87. The Morgan fingerprint density at radius 2 is 2.31 bits per heavy atom. The Kier molecular flexibility index (Phi) is 2.76. The highest BCUT2D eigenvalue weighted by molar-refractivity contribution is 5.11. The van der Waals surface area contributed by atoms with E-state index in [1.807, 2.05) is 27.0 Å². The fraction of sp³-hybridized carbons (Fsp3) is 0.700. The van der Waals surface area contributed by atoms with E-state index in [1.54, 1.807) is 10.9 Å². The van der Waals surface area contributed by atoms with Gasteiger partial charge in [0, 0.05) is 13.2 Å². The molecule has 0 aliphatic carbocycles. The Morgan fingerprint density at radius 1 is 1.69 bits per heavy atom. The molecule has 1 N–H and O–H groups in total. The summed E-state index contributed by atoms with van der Waals surface area (Å²) >= 11 is 0. The van der Waals surface area contributed by atoms with E-state index >= 15 is 0 Å². The summed E-state index contributed by atoms with van der Waals surface area (Å²) in [7, 11) is 1.85. The number of aryl methyl sites for hydroxylation is 1. The number of hydrogen-bond acceptors (Lipinski definition) is 2. The molecule has 0 aliphatic rings. The molecule has 1 aromatic heterocycles. The zero-order valence-electron chi connectivity index (χ0n) is 8.78. The van der Waals surface area contributed by atoms with Gasteiger partial charge in [-0.3, -0.25) is 4.68 Å². The van der Waals surface area contributed by atoms with Gasteiger partial charge in [0.2, 0.25) is 0 Å². The third-order valence-electron chi connectivity index (χ3n) is 2.91. The van der Waals surface area contributed by atoms with Crippen LogP contribution in [0.1, 0.15) is 32.9 Å². The van der Waals surface area contributed by atoms with Crippen molar-refractivity contribution in [2.24, 2.45) is 13.0 Å². The predicted octanol–water partition coefficient (Wildman–Crippen LogP) is 1.67. The van der Waals surface area contributed by atoms with Crippen LogP contribution in [0, 0.1) is 5.92 Å². The Bertz CT molecular complexity index is 278. The predicted molar refractivity (Wildman–Crippen MR) is 52.2 cm³/mol. The summed E-state index contributed by atoms with van der Waals surface area (Å²) in [5.41, 5.74) is 0.0989. The Hall–Kier alpha value is -0.830. The standard InChI is InChI=1S/C10H18N2O/c1-5-8(2)10(3,13)9-6-7-11-12(9)4/h6-8,13H,5H2,1-4H3. The molecule has 3 nitrogen and oxygen atoms in total. The Morgan fingerprint density at radius 3 is 2.69 bits per heavy atom. The molecular weight excluding hydrogens is 164 g/mol. The van der Waals surface area contributed by atoms with E-state index in [4.69, 9.17) is 0 Å². The van der Waals surface area contributed by atoms with Crippen LogP contribution in [0.3, 0.4) is 0 Å². The molecule has 1 heterocycles. The Labute approximate surface area is 79.4 Å². The number of hydrogen-bond donors (Lipinski definition) is 1. The van der Waals surface area contributed by atoms with E-state index in [2.05, 4.69) is 12.0 Å². The minimum absolute atomic E-state index is 0.239. The lowest BCUT2D eigenvalue weighted by atomic mass is 9.86. The topological polar surface area (TPSA) is 38.1 Å². The van der Waals surface area contributed by atoms with E-state index in [9.17, 15) is 5.11 Å². The van der Waals surface area contributed by atoms with Crippen LogP contribution in [-0.4, -0.2) is 14.9 Å². The molecule has 0 spiro atoms. The van der Waals surface area contributed by atoms with Crippen molar-refractivity contribution in [1.29, 1.82) is 0 Å². The van der Waals surface area contributed by atoms with E-state index in [0.717, 1.165) is 12.1 Å². The van der Waals surface area contributed by atoms with E-state index in [1.165, 1.54) is 0 Å². The van der Waals surface area contributed by atoms with Crippen molar-refractivity contribution >= 4 is 0 Å². The molecule has 0 fully saturated rings. The maximum atomic E-state index is 10.3. The van der Waals surface area contributed by atoms with Gasteiger partial charge in [0.1, 0.15) is 5.60 Å². The molecule has 1 aromatic rings. The van der Waals surface area contributed by atoms with Gasteiger partial charge in [0.05, 0.1) is 5.69 Å². The fourth-order valence-corrected chi connectivity index (χ4v) is 1.52. The summed E-state index contributed by atoms with van der Waals surface area (Å²) < 4.78 is 1.73. The molecule has 2 atom stereocenters. The maximum absolute atomic E-state index is 10.3. The zero-order valence-corrected chi connectivity index (χ0v) is 8.78. The second-order valence-corrected chi connectivity index (χ2v) is 3.80. The van der Waals surface area contributed by atoms with Crippen LogP contribution < -0.4 is 0 Å². The van der Waals surface area contributed by atoms with Crippen LogP contribution >= 0.6 is 0 Å². The highest BCUT2D eigenvalue weighted by atomic mass is 16.3. The maximum Gasteiger partial charge on any atom is 0.106 e. The van der Waals surface area contributed by atoms with Gasteiger partial charge in [-0.05, 0) is 18.9 Å². The van der Waals surface area contributed by atoms with Gasteiger partial charge < -0.3 is 5.11 Å². The van der Waals surface area contributed by atoms with Crippen molar-refractivity contribution in [3.63, 3.8) is 0 Å². The molecule has 2 unspecified atom stereocenters. The third kappa shape index (κ3) is 1.75. The minimum Gasteiger partial charge on any atom is -0.384 e. The third-order valence-corrected chi connectivity index (χ3v) is 2.91. The average Bonchev–Trinajstić information content (AvgIpc) is 2.50. The van der Waals surface area contributed by atoms with Crippen molar-refractivity contribution in [1.82, 2.24) is 9.78 Å². The van der Waals surface area contributed by atoms with Crippen LogP contribution in [0.5, 0.6) is 0 Å². The second-order valence-electron chi connectivity index (χ2n) is 3.80. The van der Waals surface area contributed by atoms with Crippen LogP contribution in [0.25, 0.3) is 0 Å². The molecule has 0 radical (unpaired) electrons. The zero-order chi connectivity index (χ0) is 10.1. The molecule has 0 saturated carbocycles. The summed E-state index contributed by atoms with van der Waals surface area (Å²) in [4.78, 5) is 0. The van der Waals surface area contributed by atoms with Crippen LogP contribution in [-0.2, 0) is 12.6 Å². The average molecular weight is 182 g/mol. The first-order valence-corrected chi connectivity index (χ1v) is 4.71. The van der Waals surface area contributed by atoms with Crippen molar-refractivity contribution < 1.29 is 5.11 Å². The van der Waals surface area contributed by atoms with Gasteiger partial charge in [0.25, 0.3) is 0 Å². The van der Waals surface area contributed by atoms with Crippen molar-refractivity contribution in [2.45, 2.75) is 32.8 Å². The van der Waals surface area contributed by atoms with Gasteiger partial charge in [-0.2, -0.15) is 5.10 Å². The van der Waals surface area contributed by atoms with Crippen LogP contribution in [0.4, 0.5) is 0 Å². The van der Waals surface area contributed by atoms with Gasteiger partial charge in [-0.15, -0.1) is 0 Å². The first-order chi connectivity index (χ1) is 6.00. The smallest absolute Gasteiger partial charge is 0.106 e. The summed E-state index contributed by atoms with van der Waals surface area (Å²) in [6.07, 6.45) is 2.67. The molecule has 0 saturated heterocycles. The van der Waals surface area contributed by atoms with Crippen LogP contribution in [0.15, 0.2) is 12.3 Å².